The summed E-state index contributed by atoms with van der Waals surface area (Å²) in [6, 6.07) is 0. The lowest BCUT2D eigenvalue weighted by Crippen LogP contribution is -2.44. The molecule has 4 nitrogen and oxygen atoms in total. The number of unbranched alkanes of at least 4 members (excludes halogenated alkanes) is 1. The Bertz CT molecular complexity index is 203. The number of carbonyl (C=O) groups is 1. The second kappa shape index (κ2) is 7.63. The van der Waals surface area contributed by atoms with E-state index in [2.05, 4.69) is 12.2 Å². The zero-order valence-electron chi connectivity index (χ0n) is 10.2. The fraction of sp³-hybridized carbons (Fsp3) is 0.917. The van der Waals surface area contributed by atoms with Gasteiger partial charge in [0.25, 0.3) is 0 Å². The van der Waals surface area contributed by atoms with Gasteiger partial charge in [-0.05, 0) is 25.8 Å². The van der Waals surface area contributed by atoms with Gasteiger partial charge in [0.1, 0.15) is 0 Å². The molecule has 0 radical (unpaired) electrons. The van der Waals surface area contributed by atoms with Gasteiger partial charge < -0.3 is 15.3 Å². The molecule has 1 heterocycles. The highest BCUT2D eigenvalue weighted by molar-refractivity contribution is 5.79. The van der Waals surface area contributed by atoms with Crippen molar-refractivity contribution in [1.82, 2.24) is 10.2 Å². The summed E-state index contributed by atoms with van der Waals surface area (Å²) in [6.45, 7) is 5.27. The molecule has 94 valence electrons. The minimum atomic E-state index is 0.0651. The first-order valence-electron chi connectivity index (χ1n) is 6.40. The number of aliphatic hydroxyl groups is 1. The van der Waals surface area contributed by atoms with Gasteiger partial charge >= 0.3 is 0 Å². The van der Waals surface area contributed by atoms with E-state index in [1.807, 2.05) is 4.90 Å². The zero-order chi connectivity index (χ0) is 11.8. The summed E-state index contributed by atoms with van der Waals surface area (Å²) < 4.78 is 0. The van der Waals surface area contributed by atoms with Crippen molar-refractivity contribution in [2.45, 2.75) is 32.6 Å². The van der Waals surface area contributed by atoms with Crippen LogP contribution in [0, 0.1) is 5.92 Å². The van der Waals surface area contributed by atoms with Crippen LogP contribution in [0.3, 0.4) is 0 Å². The monoisotopic (exact) mass is 228 g/mol. The van der Waals surface area contributed by atoms with Crippen molar-refractivity contribution in [3.63, 3.8) is 0 Å². The van der Waals surface area contributed by atoms with Gasteiger partial charge in [-0.1, -0.05) is 13.3 Å². The van der Waals surface area contributed by atoms with Crippen molar-refractivity contribution in [3.8, 4) is 0 Å². The summed E-state index contributed by atoms with van der Waals surface area (Å²) in [4.78, 5) is 14.0. The quantitative estimate of drug-likeness (QED) is 0.700. The number of hydrogen-bond donors (Lipinski definition) is 2. The molecule has 4 heteroatoms. The Morgan fingerprint density at radius 2 is 2.31 bits per heavy atom. The summed E-state index contributed by atoms with van der Waals surface area (Å²) in [6.07, 6.45) is 4.17. The second-order valence-electron chi connectivity index (χ2n) is 4.45. The van der Waals surface area contributed by atoms with Crippen molar-refractivity contribution in [2.75, 3.05) is 32.8 Å². The number of amides is 1. The van der Waals surface area contributed by atoms with Gasteiger partial charge in [0, 0.05) is 19.6 Å². The van der Waals surface area contributed by atoms with Gasteiger partial charge in [-0.25, -0.2) is 0 Å². The fourth-order valence-electron chi connectivity index (χ4n) is 2.12. The lowest BCUT2D eigenvalue weighted by Gasteiger charge is -2.29. The minimum Gasteiger partial charge on any atom is -0.395 e. The van der Waals surface area contributed by atoms with E-state index in [9.17, 15) is 4.79 Å². The van der Waals surface area contributed by atoms with E-state index in [-0.39, 0.29) is 18.4 Å². The maximum Gasteiger partial charge on any atom is 0.227 e. The van der Waals surface area contributed by atoms with E-state index in [1.165, 1.54) is 0 Å². The summed E-state index contributed by atoms with van der Waals surface area (Å²) in [5.41, 5.74) is 0. The van der Waals surface area contributed by atoms with Crippen LogP contribution in [0.4, 0.5) is 0 Å². The number of rotatable bonds is 6. The number of piperidine rings is 1. The smallest absolute Gasteiger partial charge is 0.227 e. The highest BCUT2D eigenvalue weighted by Gasteiger charge is 2.25. The highest BCUT2D eigenvalue weighted by Crippen LogP contribution is 2.13. The van der Waals surface area contributed by atoms with E-state index in [4.69, 9.17) is 5.11 Å². The van der Waals surface area contributed by atoms with Gasteiger partial charge in [0.05, 0.1) is 12.5 Å². The third-order valence-corrected chi connectivity index (χ3v) is 3.11. The molecule has 2 N–H and O–H groups in total. The Morgan fingerprint density at radius 1 is 1.50 bits per heavy atom. The maximum absolute atomic E-state index is 12.2. The molecule has 0 aromatic heterocycles. The Kier molecular flexibility index (Phi) is 6.42. The molecular weight excluding hydrogens is 204 g/mol. The lowest BCUT2D eigenvalue weighted by atomic mass is 9.98. The topological polar surface area (TPSA) is 52.6 Å². The van der Waals surface area contributed by atoms with Crippen LogP contribution in [0.1, 0.15) is 32.6 Å². The molecule has 0 bridgehead atoms. The van der Waals surface area contributed by atoms with Gasteiger partial charge in [-0.15, -0.1) is 0 Å². The largest absolute Gasteiger partial charge is 0.395 e. The molecule has 1 amide bonds. The molecule has 1 aliphatic rings. The molecule has 1 atom stereocenters. The molecule has 1 aliphatic heterocycles. The lowest BCUT2D eigenvalue weighted by molar-refractivity contribution is -0.136. The third-order valence-electron chi connectivity index (χ3n) is 3.11. The molecule has 0 spiro atoms. The normalized spacial score (nSPS) is 20.8. The first-order valence-corrected chi connectivity index (χ1v) is 6.40. The number of carbonyl (C=O) groups excluding carboxylic acids is 1. The van der Waals surface area contributed by atoms with Crippen LogP contribution in [-0.2, 0) is 4.79 Å². The fourth-order valence-corrected chi connectivity index (χ4v) is 2.12. The maximum atomic E-state index is 12.2. The van der Waals surface area contributed by atoms with Crippen molar-refractivity contribution in [3.05, 3.63) is 0 Å². The average Bonchev–Trinajstić information content (AvgIpc) is 2.35. The van der Waals surface area contributed by atoms with Crippen LogP contribution in [0.5, 0.6) is 0 Å². The van der Waals surface area contributed by atoms with Crippen LogP contribution in [0.2, 0.25) is 0 Å². The van der Waals surface area contributed by atoms with Gasteiger partial charge in [0.15, 0.2) is 0 Å². The van der Waals surface area contributed by atoms with Crippen LogP contribution < -0.4 is 5.32 Å². The third kappa shape index (κ3) is 4.10. The SMILES string of the molecule is CCCCN(CCO)C(=O)[C@H]1CCCNC1. The first kappa shape index (κ1) is 13.5. The number of hydrogen-bond acceptors (Lipinski definition) is 3. The van der Waals surface area contributed by atoms with Crippen LogP contribution in [0.15, 0.2) is 0 Å². The summed E-state index contributed by atoms with van der Waals surface area (Å²) >= 11 is 0. The molecular formula is C12H24N2O2. The summed E-state index contributed by atoms with van der Waals surface area (Å²) in [5.74, 6) is 0.340. The molecule has 16 heavy (non-hydrogen) atoms. The molecule has 0 aromatic rings. The minimum absolute atomic E-state index is 0.0651. The Hall–Kier alpha value is -0.610. The average molecular weight is 228 g/mol. The Labute approximate surface area is 98.0 Å². The van der Waals surface area contributed by atoms with Gasteiger partial charge in [-0.3, -0.25) is 4.79 Å². The van der Waals surface area contributed by atoms with E-state index in [0.717, 1.165) is 45.3 Å². The molecule has 0 unspecified atom stereocenters. The molecule has 1 saturated heterocycles. The molecule has 1 fully saturated rings. The predicted molar refractivity (Wildman–Crippen MR) is 64.2 cm³/mol. The van der Waals surface area contributed by atoms with Crippen molar-refractivity contribution in [2.24, 2.45) is 5.92 Å². The second-order valence-corrected chi connectivity index (χ2v) is 4.45. The van der Waals surface area contributed by atoms with Crippen LogP contribution in [0.25, 0.3) is 0 Å². The van der Waals surface area contributed by atoms with Gasteiger partial charge in [0.2, 0.25) is 5.91 Å². The number of nitrogens with one attached hydrogen (secondary N) is 1. The van der Waals surface area contributed by atoms with Gasteiger partial charge in [-0.2, -0.15) is 0 Å². The van der Waals surface area contributed by atoms with Crippen molar-refractivity contribution in [1.29, 1.82) is 0 Å². The zero-order valence-corrected chi connectivity index (χ0v) is 10.2. The summed E-state index contributed by atoms with van der Waals surface area (Å²) in [7, 11) is 0. The highest BCUT2D eigenvalue weighted by atomic mass is 16.3. The number of aliphatic hydroxyl groups excluding tert-OH is 1. The van der Waals surface area contributed by atoms with E-state index in [1.54, 1.807) is 0 Å². The van der Waals surface area contributed by atoms with E-state index < -0.39 is 0 Å². The van der Waals surface area contributed by atoms with Crippen LogP contribution in [-0.4, -0.2) is 48.7 Å². The van der Waals surface area contributed by atoms with Crippen LogP contribution >= 0.6 is 0 Å². The molecule has 0 saturated carbocycles. The molecule has 0 aliphatic carbocycles. The summed E-state index contributed by atoms with van der Waals surface area (Å²) in [5, 5.41) is 12.2. The standard InChI is InChI=1S/C12H24N2O2/c1-2-3-7-14(8-9-15)12(16)11-5-4-6-13-10-11/h11,13,15H,2-10H2,1H3/t11-/m0/s1. The Balaban J connectivity index is 2.44. The molecule has 1 rings (SSSR count). The van der Waals surface area contributed by atoms with Crippen molar-refractivity contribution >= 4 is 5.91 Å². The Morgan fingerprint density at radius 3 is 2.88 bits per heavy atom. The van der Waals surface area contributed by atoms with Crippen molar-refractivity contribution < 1.29 is 9.90 Å². The van der Waals surface area contributed by atoms with E-state index >= 15 is 0 Å². The first-order chi connectivity index (χ1) is 7.79. The predicted octanol–water partition coefficient (Wildman–Crippen LogP) is 0.607. The van der Waals surface area contributed by atoms with E-state index in [0.29, 0.717) is 6.54 Å². The number of nitrogens with zero attached hydrogens (tertiary/aromatic N) is 1. The molecule has 0 aromatic carbocycles.